The number of ether oxygens (including phenoxy) is 1. The highest BCUT2D eigenvalue weighted by molar-refractivity contribution is 6.47. The van der Waals surface area contributed by atoms with Gasteiger partial charge >= 0.3 is 5.97 Å². The molecule has 1 atom stereocenters. The average Bonchev–Trinajstić information content (AvgIpc) is 3.66. The van der Waals surface area contributed by atoms with Gasteiger partial charge in [0, 0.05) is 5.56 Å². The van der Waals surface area contributed by atoms with E-state index in [2.05, 4.69) is 20.8 Å². The third-order valence-corrected chi connectivity index (χ3v) is 8.77. The van der Waals surface area contributed by atoms with E-state index in [-0.39, 0.29) is 22.9 Å². The second kappa shape index (κ2) is 9.46. The molecule has 1 spiro atoms. The van der Waals surface area contributed by atoms with Crippen LogP contribution in [0, 0.1) is 17.3 Å². The molecule has 2 aliphatic carbocycles. The molecule has 1 heterocycles. The molecular weight excluding hydrogens is 488 g/mol. The van der Waals surface area contributed by atoms with Crippen LogP contribution < -0.4 is 4.74 Å². The van der Waals surface area contributed by atoms with Gasteiger partial charge in [-0.25, -0.2) is 4.79 Å². The first-order chi connectivity index (χ1) is 17.5. The number of aliphatic imine (C=N–C) groups is 1. The highest BCUT2D eigenvalue weighted by Gasteiger charge is 2.55. The zero-order valence-electron chi connectivity index (χ0n) is 22.0. The van der Waals surface area contributed by atoms with Crippen molar-refractivity contribution in [2.75, 3.05) is 7.11 Å². The predicted molar refractivity (Wildman–Crippen MR) is 144 cm³/mol. The summed E-state index contributed by atoms with van der Waals surface area (Å²) in [6.07, 6.45) is 5.71. The fourth-order valence-electron chi connectivity index (χ4n) is 6.17. The summed E-state index contributed by atoms with van der Waals surface area (Å²) >= 11 is 6.45. The van der Waals surface area contributed by atoms with Crippen LogP contribution in [0.25, 0.3) is 0 Å². The monoisotopic (exact) mass is 522 g/mol. The van der Waals surface area contributed by atoms with Crippen LogP contribution in [-0.2, 0) is 4.79 Å². The average molecular weight is 523 g/mol. The summed E-state index contributed by atoms with van der Waals surface area (Å²) in [5, 5.41) is 9.84. The van der Waals surface area contributed by atoms with Crippen LogP contribution in [-0.4, -0.2) is 40.4 Å². The Bertz CT molecular complexity index is 1240. The van der Waals surface area contributed by atoms with Crippen molar-refractivity contribution in [2.45, 2.75) is 71.0 Å². The summed E-state index contributed by atoms with van der Waals surface area (Å²) < 4.78 is 5.32. The first-order valence-electron chi connectivity index (χ1n) is 13.1. The van der Waals surface area contributed by atoms with Crippen molar-refractivity contribution < 1.29 is 19.4 Å². The number of carboxylic acid groups (broad SMARTS) is 1. The number of carbonyl (C=O) groups excluding carboxylic acids is 1. The van der Waals surface area contributed by atoms with Crippen molar-refractivity contribution in [3.63, 3.8) is 0 Å². The van der Waals surface area contributed by atoms with E-state index in [1.54, 1.807) is 31.4 Å². The van der Waals surface area contributed by atoms with Gasteiger partial charge in [-0.3, -0.25) is 9.79 Å². The second-order valence-electron chi connectivity index (χ2n) is 11.8. The lowest BCUT2D eigenvalue weighted by Gasteiger charge is -2.47. The molecule has 1 amide bonds. The van der Waals surface area contributed by atoms with Gasteiger partial charge in [-0.2, -0.15) is 0 Å². The van der Waals surface area contributed by atoms with Crippen molar-refractivity contribution in [3.05, 3.63) is 64.2 Å². The third-order valence-electron chi connectivity index (χ3n) is 8.47. The van der Waals surface area contributed by atoms with Crippen LogP contribution in [0.1, 0.15) is 86.8 Å². The van der Waals surface area contributed by atoms with Crippen molar-refractivity contribution in [3.8, 4) is 5.75 Å². The van der Waals surface area contributed by atoms with Gasteiger partial charge in [0.1, 0.15) is 17.1 Å². The van der Waals surface area contributed by atoms with Crippen LogP contribution in [0.4, 0.5) is 0 Å². The van der Waals surface area contributed by atoms with E-state index < -0.39 is 11.6 Å². The van der Waals surface area contributed by atoms with Gasteiger partial charge in [0.25, 0.3) is 5.91 Å². The van der Waals surface area contributed by atoms with E-state index >= 15 is 0 Å². The molecule has 3 aliphatic rings. The summed E-state index contributed by atoms with van der Waals surface area (Å²) in [5.74, 6) is 0.438. The molecule has 1 unspecified atom stereocenters. The molecule has 37 heavy (non-hydrogen) atoms. The van der Waals surface area contributed by atoms with E-state index in [0.29, 0.717) is 33.9 Å². The van der Waals surface area contributed by atoms with E-state index in [1.807, 2.05) is 23.1 Å². The molecule has 0 radical (unpaired) electrons. The van der Waals surface area contributed by atoms with E-state index in [9.17, 15) is 14.7 Å². The van der Waals surface area contributed by atoms with Crippen molar-refractivity contribution in [2.24, 2.45) is 22.2 Å². The molecule has 2 aromatic carbocycles. The smallest absolute Gasteiger partial charge is 0.335 e. The van der Waals surface area contributed by atoms with Gasteiger partial charge in [-0.05, 0) is 91.7 Å². The Morgan fingerprint density at radius 3 is 2.27 bits per heavy atom. The van der Waals surface area contributed by atoms with Crippen LogP contribution >= 0.6 is 11.6 Å². The highest BCUT2D eigenvalue weighted by atomic mass is 35.5. The second-order valence-corrected chi connectivity index (χ2v) is 12.2. The topological polar surface area (TPSA) is 79.2 Å². The Kier molecular flexibility index (Phi) is 6.59. The molecule has 196 valence electrons. The van der Waals surface area contributed by atoms with Crippen LogP contribution in [0.3, 0.4) is 0 Å². The summed E-state index contributed by atoms with van der Waals surface area (Å²) in [6, 6.07) is 12.3. The minimum atomic E-state index is -0.953. The third kappa shape index (κ3) is 4.76. The summed E-state index contributed by atoms with van der Waals surface area (Å²) in [4.78, 5) is 33.0. The van der Waals surface area contributed by atoms with Gasteiger partial charge in [-0.1, -0.05) is 44.5 Å². The standard InChI is InChI=1S/C30H35ClN2O4/c1-29(2,3)22-13-15-30(16-14-22)32-25(21-11-12-24(37-4)23(31)17-21)27(34)33(30)26(18-5-6-18)19-7-9-20(10-8-19)28(35)36/h7-12,17-18,22,26H,5-6,13-16H2,1-4H3,(H,35,36). The molecule has 2 aromatic rings. The minimum absolute atomic E-state index is 0.0744. The SMILES string of the molecule is COc1ccc(C2=NC3(CCC(C(C)(C)C)CC3)N(C(c3ccc(C(=O)O)cc3)C3CC3)C2=O)cc1Cl. The fourth-order valence-corrected chi connectivity index (χ4v) is 6.42. The van der Waals surface area contributed by atoms with Crippen molar-refractivity contribution >= 4 is 29.2 Å². The van der Waals surface area contributed by atoms with Gasteiger partial charge in [-0.15, -0.1) is 0 Å². The minimum Gasteiger partial charge on any atom is -0.495 e. The molecular formula is C30H35ClN2O4. The Labute approximate surface area is 223 Å². The normalized spacial score (nSPS) is 24.8. The number of amides is 1. The summed E-state index contributed by atoms with van der Waals surface area (Å²) in [7, 11) is 1.57. The maximum absolute atomic E-state index is 14.3. The first-order valence-corrected chi connectivity index (χ1v) is 13.5. The Balaban J connectivity index is 1.57. The number of rotatable bonds is 6. The van der Waals surface area contributed by atoms with E-state index in [1.165, 1.54) is 0 Å². The Morgan fingerprint density at radius 1 is 1.11 bits per heavy atom. The zero-order valence-corrected chi connectivity index (χ0v) is 22.7. The van der Waals surface area contributed by atoms with Crippen LogP contribution in [0.2, 0.25) is 5.02 Å². The van der Waals surface area contributed by atoms with E-state index in [4.69, 9.17) is 21.3 Å². The predicted octanol–water partition coefficient (Wildman–Crippen LogP) is 6.76. The largest absolute Gasteiger partial charge is 0.495 e. The van der Waals surface area contributed by atoms with Gasteiger partial charge < -0.3 is 14.7 Å². The maximum Gasteiger partial charge on any atom is 0.335 e. The van der Waals surface area contributed by atoms with Crippen LogP contribution in [0.15, 0.2) is 47.5 Å². The number of hydrogen-bond donors (Lipinski definition) is 1. The number of benzene rings is 2. The molecule has 2 fully saturated rings. The number of carbonyl (C=O) groups is 2. The van der Waals surface area contributed by atoms with Crippen molar-refractivity contribution in [1.82, 2.24) is 4.90 Å². The zero-order chi connectivity index (χ0) is 26.5. The molecule has 7 heteroatoms. The number of aromatic carboxylic acids is 1. The number of methoxy groups -OCH3 is 1. The molecule has 1 N–H and O–H groups in total. The molecule has 0 saturated heterocycles. The lowest BCUT2D eigenvalue weighted by molar-refractivity contribution is -0.134. The lowest BCUT2D eigenvalue weighted by atomic mass is 9.69. The fraction of sp³-hybridized carbons (Fsp3) is 0.500. The van der Waals surface area contributed by atoms with Gasteiger partial charge in [0.2, 0.25) is 0 Å². The summed E-state index contributed by atoms with van der Waals surface area (Å²) in [6.45, 7) is 6.87. The Hall–Kier alpha value is -2.86. The number of halogens is 1. The lowest BCUT2D eigenvalue weighted by Crippen LogP contribution is -2.52. The molecule has 5 rings (SSSR count). The van der Waals surface area contributed by atoms with E-state index in [0.717, 1.165) is 44.1 Å². The summed E-state index contributed by atoms with van der Waals surface area (Å²) in [5.41, 5.74) is 1.96. The van der Waals surface area contributed by atoms with Crippen LogP contribution in [0.5, 0.6) is 5.75 Å². The van der Waals surface area contributed by atoms with Gasteiger partial charge in [0.15, 0.2) is 0 Å². The molecule has 6 nitrogen and oxygen atoms in total. The quantitative estimate of drug-likeness (QED) is 0.454. The molecule has 0 bridgehead atoms. The van der Waals surface area contributed by atoms with Crippen molar-refractivity contribution in [1.29, 1.82) is 0 Å². The number of carboxylic acids is 1. The van der Waals surface area contributed by atoms with Gasteiger partial charge in [0.05, 0.1) is 23.7 Å². The number of nitrogens with zero attached hydrogens (tertiary/aromatic N) is 2. The number of hydrogen-bond acceptors (Lipinski definition) is 4. The maximum atomic E-state index is 14.3. The highest BCUT2D eigenvalue weighted by Crippen LogP contribution is 2.54. The first kappa shape index (κ1) is 25.8. The molecule has 2 saturated carbocycles. The Morgan fingerprint density at radius 2 is 1.76 bits per heavy atom. The molecule has 0 aromatic heterocycles. The molecule has 1 aliphatic heterocycles.